The standard InChI is InChI=1S/C18H32N4O9/c1-7(2)12(19)15(27)21-14(9(4)24)17(29)22-13(8(3)23)16(28)20-10(18(30)31)5-6-11(25)26/h7-10,12-14,23-24H,5-6,19H2,1-4H3,(H,20,28)(H,21,27)(H,22,29)(H,25,26)(H,30,31). The highest BCUT2D eigenvalue weighted by Crippen LogP contribution is 2.04. The Labute approximate surface area is 179 Å². The highest BCUT2D eigenvalue weighted by atomic mass is 16.4. The van der Waals surface area contributed by atoms with Crippen LogP contribution in [0.15, 0.2) is 0 Å². The lowest BCUT2D eigenvalue weighted by molar-refractivity contribution is -0.144. The van der Waals surface area contributed by atoms with Crippen LogP contribution in [0.25, 0.3) is 0 Å². The number of carboxylic acid groups (broad SMARTS) is 2. The topological polar surface area (TPSA) is 228 Å². The number of rotatable bonds is 13. The Bertz CT molecular complexity index is 666. The van der Waals surface area contributed by atoms with Crippen molar-refractivity contribution in [2.24, 2.45) is 11.7 Å². The Morgan fingerprint density at radius 1 is 0.774 bits per heavy atom. The molecule has 0 aliphatic carbocycles. The van der Waals surface area contributed by atoms with Gasteiger partial charge in [-0.15, -0.1) is 0 Å². The molecule has 3 amide bonds. The summed E-state index contributed by atoms with van der Waals surface area (Å²) in [5.74, 6) is -5.84. The van der Waals surface area contributed by atoms with E-state index in [1.807, 2.05) is 0 Å². The maximum atomic E-state index is 12.6. The maximum absolute atomic E-state index is 12.6. The van der Waals surface area contributed by atoms with E-state index in [0.717, 1.165) is 6.92 Å². The average molecular weight is 448 g/mol. The molecule has 0 radical (unpaired) electrons. The van der Waals surface area contributed by atoms with E-state index in [2.05, 4.69) is 16.0 Å². The molecule has 0 aromatic rings. The predicted octanol–water partition coefficient (Wildman–Crippen LogP) is -2.86. The second-order valence-corrected chi connectivity index (χ2v) is 7.56. The first-order chi connectivity index (χ1) is 14.2. The molecular weight excluding hydrogens is 416 g/mol. The van der Waals surface area contributed by atoms with Crippen LogP contribution in [-0.2, 0) is 24.0 Å². The van der Waals surface area contributed by atoms with E-state index >= 15 is 0 Å². The van der Waals surface area contributed by atoms with E-state index in [4.69, 9.17) is 15.9 Å². The molecule has 0 aromatic heterocycles. The van der Waals surface area contributed by atoms with Crippen LogP contribution < -0.4 is 21.7 Å². The van der Waals surface area contributed by atoms with Gasteiger partial charge in [0.25, 0.3) is 0 Å². The molecule has 0 spiro atoms. The van der Waals surface area contributed by atoms with Crippen molar-refractivity contribution in [2.45, 2.75) is 76.9 Å². The van der Waals surface area contributed by atoms with Crippen LogP contribution in [0.5, 0.6) is 0 Å². The van der Waals surface area contributed by atoms with E-state index < -0.39 is 78.9 Å². The van der Waals surface area contributed by atoms with E-state index in [1.54, 1.807) is 13.8 Å². The normalized spacial score (nSPS) is 16.9. The Morgan fingerprint density at radius 2 is 1.19 bits per heavy atom. The second-order valence-electron chi connectivity index (χ2n) is 7.56. The van der Waals surface area contributed by atoms with Crippen LogP contribution in [0.4, 0.5) is 0 Å². The molecule has 9 N–H and O–H groups in total. The number of nitrogens with two attached hydrogens (primary N) is 1. The van der Waals surface area contributed by atoms with Gasteiger partial charge in [0.1, 0.15) is 18.1 Å². The molecule has 0 rings (SSSR count). The Morgan fingerprint density at radius 3 is 1.55 bits per heavy atom. The molecule has 0 saturated carbocycles. The summed E-state index contributed by atoms with van der Waals surface area (Å²) in [5.41, 5.74) is 5.71. The van der Waals surface area contributed by atoms with Gasteiger partial charge in [0.15, 0.2) is 0 Å². The third kappa shape index (κ3) is 9.72. The molecule has 0 heterocycles. The van der Waals surface area contributed by atoms with E-state index in [-0.39, 0.29) is 5.92 Å². The van der Waals surface area contributed by atoms with Crippen molar-refractivity contribution >= 4 is 29.7 Å². The van der Waals surface area contributed by atoms with Gasteiger partial charge < -0.3 is 42.1 Å². The zero-order valence-electron chi connectivity index (χ0n) is 17.9. The summed E-state index contributed by atoms with van der Waals surface area (Å²) in [6.45, 7) is 5.73. The van der Waals surface area contributed by atoms with Crippen molar-refractivity contribution in [2.75, 3.05) is 0 Å². The smallest absolute Gasteiger partial charge is 0.326 e. The first kappa shape index (κ1) is 28.2. The zero-order valence-corrected chi connectivity index (χ0v) is 17.9. The summed E-state index contributed by atoms with van der Waals surface area (Å²) in [6.07, 6.45) is -3.82. The van der Waals surface area contributed by atoms with Crippen LogP contribution in [0, 0.1) is 5.92 Å². The number of aliphatic hydroxyl groups excluding tert-OH is 2. The number of aliphatic hydroxyl groups is 2. The fourth-order valence-electron chi connectivity index (χ4n) is 2.39. The predicted molar refractivity (Wildman–Crippen MR) is 106 cm³/mol. The van der Waals surface area contributed by atoms with Crippen molar-refractivity contribution in [3.63, 3.8) is 0 Å². The summed E-state index contributed by atoms with van der Waals surface area (Å²) in [7, 11) is 0. The quantitative estimate of drug-likeness (QED) is 0.144. The van der Waals surface area contributed by atoms with Gasteiger partial charge in [-0.25, -0.2) is 4.79 Å². The first-order valence-corrected chi connectivity index (χ1v) is 9.66. The zero-order chi connectivity index (χ0) is 24.5. The molecule has 0 aliphatic heterocycles. The van der Waals surface area contributed by atoms with E-state index in [9.17, 15) is 34.2 Å². The third-order valence-electron chi connectivity index (χ3n) is 4.41. The van der Waals surface area contributed by atoms with Gasteiger partial charge in [-0.3, -0.25) is 19.2 Å². The molecule has 13 nitrogen and oxygen atoms in total. The largest absolute Gasteiger partial charge is 0.481 e. The monoisotopic (exact) mass is 448 g/mol. The van der Waals surface area contributed by atoms with E-state index in [0.29, 0.717) is 0 Å². The summed E-state index contributed by atoms with van der Waals surface area (Å²) in [6, 6.07) is -5.68. The van der Waals surface area contributed by atoms with Crippen LogP contribution in [0.3, 0.4) is 0 Å². The van der Waals surface area contributed by atoms with Gasteiger partial charge in [-0.05, 0) is 26.2 Å². The number of hydrogen-bond acceptors (Lipinski definition) is 8. The fourth-order valence-corrected chi connectivity index (χ4v) is 2.39. The number of carbonyl (C=O) groups excluding carboxylic acids is 3. The van der Waals surface area contributed by atoms with Crippen LogP contribution >= 0.6 is 0 Å². The molecule has 0 saturated heterocycles. The average Bonchev–Trinajstić information content (AvgIpc) is 2.64. The molecule has 31 heavy (non-hydrogen) atoms. The SMILES string of the molecule is CC(C)C(N)C(=O)NC(C(=O)NC(C(=O)NC(CCC(=O)O)C(=O)O)C(C)O)C(C)O. The van der Waals surface area contributed by atoms with Gasteiger partial charge in [-0.2, -0.15) is 0 Å². The number of amides is 3. The number of carbonyl (C=O) groups is 5. The van der Waals surface area contributed by atoms with E-state index in [1.165, 1.54) is 6.92 Å². The lowest BCUT2D eigenvalue weighted by Gasteiger charge is -2.28. The molecule has 6 atom stereocenters. The van der Waals surface area contributed by atoms with Crippen LogP contribution in [0.1, 0.15) is 40.5 Å². The van der Waals surface area contributed by atoms with Gasteiger partial charge in [0, 0.05) is 6.42 Å². The lowest BCUT2D eigenvalue weighted by Crippen LogP contribution is -2.62. The number of aliphatic carboxylic acids is 2. The van der Waals surface area contributed by atoms with Crippen molar-refractivity contribution in [3.05, 3.63) is 0 Å². The highest BCUT2D eigenvalue weighted by Gasteiger charge is 2.34. The van der Waals surface area contributed by atoms with Crippen molar-refractivity contribution in [3.8, 4) is 0 Å². The minimum Gasteiger partial charge on any atom is -0.481 e. The summed E-state index contributed by atoms with van der Waals surface area (Å²) in [5, 5.41) is 44.1. The maximum Gasteiger partial charge on any atom is 0.326 e. The Kier molecular flexibility index (Phi) is 11.7. The summed E-state index contributed by atoms with van der Waals surface area (Å²) in [4.78, 5) is 59.0. The fraction of sp³-hybridized carbons (Fsp3) is 0.722. The Hall–Kier alpha value is -2.77. The molecule has 0 bridgehead atoms. The second kappa shape index (κ2) is 12.8. The summed E-state index contributed by atoms with van der Waals surface area (Å²) >= 11 is 0. The summed E-state index contributed by atoms with van der Waals surface area (Å²) < 4.78 is 0. The highest BCUT2D eigenvalue weighted by molar-refractivity contribution is 5.94. The molecule has 0 fully saturated rings. The lowest BCUT2D eigenvalue weighted by atomic mass is 10.0. The van der Waals surface area contributed by atoms with Gasteiger partial charge in [-0.1, -0.05) is 13.8 Å². The van der Waals surface area contributed by atoms with Crippen LogP contribution in [0.2, 0.25) is 0 Å². The van der Waals surface area contributed by atoms with Crippen molar-refractivity contribution in [1.82, 2.24) is 16.0 Å². The van der Waals surface area contributed by atoms with Crippen molar-refractivity contribution in [1.29, 1.82) is 0 Å². The van der Waals surface area contributed by atoms with Gasteiger partial charge >= 0.3 is 11.9 Å². The molecule has 13 heteroatoms. The first-order valence-electron chi connectivity index (χ1n) is 9.66. The molecule has 0 aliphatic rings. The molecule has 0 aromatic carbocycles. The molecule has 6 unspecified atom stereocenters. The van der Waals surface area contributed by atoms with Gasteiger partial charge in [0.2, 0.25) is 17.7 Å². The molecule has 178 valence electrons. The van der Waals surface area contributed by atoms with Gasteiger partial charge in [0.05, 0.1) is 18.2 Å². The molecular formula is C18H32N4O9. The van der Waals surface area contributed by atoms with Crippen molar-refractivity contribution < 1.29 is 44.4 Å². The minimum atomic E-state index is -1.64. The number of carboxylic acids is 2. The third-order valence-corrected chi connectivity index (χ3v) is 4.41. The number of hydrogen-bond donors (Lipinski definition) is 8. The Balaban J connectivity index is 5.36. The van der Waals surface area contributed by atoms with Crippen LogP contribution in [-0.4, -0.2) is 86.5 Å². The number of nitrogens with one attached hydrogen (secondary N) is 3. The minimum absolute atomic E-state index is 0.257.